The van der Waals surface area contributed by atoms with Gasteiger partial charge in [0.25, 0.3) is 5.91 Å². The molecule has 1 fully saturated rings. The molecule has 0 radical (unpaired) electrons. The summed E-state index contributed by atoms with van der Waals surface area (Å²) in [5, 5.41) is 0. The summed E-state index contributed by atoms with van der Waals surface area (Å²) in [5.74, 6) is 1.20. The predicted molar refractivity (Wildman–Crippen MR) is 84.9 cm³/mol. The van der Waals surface area contributed by atoms with E-state index in [1.54, 1.807) is 23.9 Å². The summed E-state index contributed by atoms with van der Waals surface area (Å²) in [7, 11) is 0. The Hall–Kier alpha value is -1.20. The van der Waals surface area contributed by atoms with E-state index in [4.69, 9.17) is 12.2 Å². The molecule has 1 aliphatic heterocycles. The zero-order valence-electron chi connectivity index (χ0n) is 11.2. The van der Waals surface area contributed by atoms with Gasteiger partial charge in [-0.15, -0.1) is 0 Å². The van der Waals surface area contributed by atoms with Crippen LogP contribution in [0.1, 0.15) is 31.1 Å². The van der Waals surface area contributed by atoms with Crippen molar-refractivity contribution in [2.45, 2.75) is 26.3 Å². The topological polar surface area (TPSA) is 32.7 Å². The Labute approximate surface area is 123 Å². The number of nitrogens with zero attached hydrogens (tertiary/aromatic N) is 2. The van der Waals surface area contributed by atoms with Gasteiger partial charge in [0, 0.05) is 11.1 Å². The molecular weight excluding hydrogens is 276 g/mol. The maximum absolute atomic E-state index is 12.1. The van der Waals surface area contributed by atoms with Gasteiger partial charge in [0.2, 0.25) is 0 Å². The number of benzene rings is 1. The molecule has 5 heteroatoms. The summed E-state index contributed by atoms with van der Waals surface area (Å²) in [6.45, 7) is 6.19. The molecule has 2 rings (SSSR count). The van der Waals surface area contributed by atoms with Crippen LogP contribution in [0.15, 0.2) is 35.3 Å². The van der Waals surface area contributed by atoms with Gasteiger partial charge in [-0.25, -0.2) is 0 Å². The lowest BCUT2D eigenvalue weighted by molar-refractivity contribution is 0.100. The normalized spacial score (nSPS) is 18.2. The smallest absolute Gasteiger partial charge is 0.278 e. The summed E-state index contributed by atoms with van der Waals surface area (Å²) in [6.07, 6.45) is 0. The fourth-order valence-corrected chi connectivity index (χ4v) is 3.38. The molecule has 1 aromatic carbocycles. The Morgan fingerprint density at radius 3 is 2.53 bits per heavy atom. The highest BCUT2D eigenvalue weighted by molar-refractivity contribution is 8.24. The van der Waals surface area contributed by atoms with Crippen molar-refractivity contribution in [3.63, 3.8) is 0 Å². The molecule has 1 heterocycles. The molecule has 1 aromatic rings. The highest BCUT2D eigenvalue weighted by atomic mass is 32.2. The highest BCUT2D eigenvalue weighted by Crippen LogP contribution is 2.28. The van der Waals surface area contributed by atoms with Crippen LogP contribution in [0.2, 0.25) is 0 Å². The van der Waals surface area contributed by atoms with Gasteiger partial charge in [-0.1, -0.05) is 42.2 Å². The largest absolute Gasteiger partial charge is 0.309 e. The maximum Gasteiger partial charge on any atom is 0.278 e. The van der Waals surface area contributed by atoms with E-state index in [-0.39, 0.29) is 11.4 Å². The van der Waals surface area contributed by atoms with E-state index in [1.165, 1.54) is 0 Å². The van der Waals surface area contributed by atoms with Gasteiger partial charge in [-0.3, -0.25) is 4.79 Å². The number of aliphatic imine (C=N–C) groups is 1. The molecule has 1 aliphatic rings. The molecule has 0 bridgehead atoms. The van der Waals surface area contributed by atoms with Crippen LogP contribution in [-0.4, -0.2) is 32.3 Å². The number of hydrogen-bond donors (Lipinski definition) is 0. The number of carbonyl (C=O) groups is 1. The monoisotopic (exact) mass is 292 g/mol. The van der Waals surface area contributed by atoms with E-state index in [2.05, 4.69) is 25.8 Å². The Morgan fingerprint density at radius 2 is 1.95 bits per heavy atom. The molecule has 100 valence electrons. The summed E-state index contributed by atoms with van der Waals surface area (Å²) in [6, 6.07) is 9.10. The average Bonchev–Trinajstić information content (AvgIpc) is 2.71. The van der Waals surface area contributed by atoms with Crippen LogP contribution in [0.4, 0.5) is 0 Å². The third kappa shape index (κ3) is 3.22. The van der Waals surface area contributed by atoms with Crippen molar-refractivity contribution in [3.8, 4) is 0 Å². The summed E-state index contributed by atoms with van der Waals surface area (Å²) in [4.78, 5) is 18.3. The summed E-state index contributed by atoms with van der Waals surface area (Å²) < 4.78 is 0.784. The molecule has 1 saturated heterocycles. The Kier molecular flexibility index (Phi) is 4.06. The van der Waals surface area contributed by atoms with Crippen LogP contribution in [0, 0.1) is 0 Å². The van der Waals surface area contributed by atoms with Crippen molar-refractivity contribution >= 4 is 40.0 Å². The van der Waals surface area contributed by atoms with E-state index in [9.17, 15) is 4.79 Å². The number of thioether (sulfide) groups is 1. The number of amides is 1. The number of carbonyl (C=O) groups excluding carboxylic acids is 1. The fraction of sp³-hybridized carbons (Fsp3) is 0.357. The molecule has 19 heavy (non-hydrogen) atoms. The van der Waals surface area contributed by atoms with E-state index >= 15 is 0 Å². The lowest BCUT2D eigenvalue weighted by atomic mass is 10.1. The van der Waals surface area contributed by atoms with Gasteiger partial charge in [0.15, 0.2) is 0 Å². The van der Waals surface area contributed by atoms with Crippen LogP contribution in [0.25, 0.3) is 0 Å². The second-order valence-corrected chi connectivity index (χ2v) is 6.87. The molecule has 1 amide bonds. The van der Waals surface area contributed by atoms with Gasteiger partial charge in [-0.05, 0) is 32.9 Å². The maximum atomic E-state index is 12.1. The molecular formula is C14H16N2OS2. The third-order valence-corrected chi connectivity index (χ3v) is 4.06. The van der Waals surface area contributed by atoms with Crippen molar-refractivity contribution in [1.82, 2.24) is 4.90 Å². The summed E-state index contributed by atoms with van der Waals surface area (Å²) in [5.41, 5.74) is 0.447. The molecule has 3 nitrogen and oxygen atoms in total. The first-order valence-electron chi connectivity index (χ1n) is 6.03. The van der Waals surface area contributed by atoms with Crippen LogP contribution >= 0.6 is 24.0 Å². The molecule has 0 N–H and O–H groups in total. The minimum absolute atomic E-state index is 0.156. The van der Waals surface area contributed by atoms with Gasteiger partial charge < -0.3 is 4.90 Å². The Morgan fingerprint density at radius 1 is 1.32 bits per heavy atom. The summed E-state index contributed by atoms with van der Waals surface area (Å²) >= 11 is 6.88. The standard InChI is InChI=1S/C14H16N2OS2/c1-14(2,3)16-11(9-19-13(16)18)15-12(17)10-7-5-4-6-8-10/h4-8H,9H2,1-3H3/b15-11+. The molecule has 0 atom stereocenters. The molecule has 0 saturated carbocycles. The SMILES string of the molecule is CC(C)(C)N1C(=S)SC/C1=N\C(=O)c1ccccc1. The lowest BCUT2D eigenvalue weighted by Crippen LogP contribution is -2.44. The first-order chi connectivity index (χ1) is 8.89. The van der Waals surface area contributed by atoms with E-state index in [0.717, 1.165) is 10.2 Å². The van der Waals surface area contributed by atoms with Crippen molar-refractivity contribution in [1.29, 1.82) is 0 Å². The first-order valence-corrected chi connectivity index (χ1v) is 7.43. The molecule has 0 aromatic heterocycles. The minimum atomic E-state index is -0.213. The second kappa shape index (κ2) is 5.43. The Balaban J connectivity index is 2.28. The molecule has 0 aliphatic carbocycles. The molecule has 0 spiro atoms. The quantitative estimate of drug-likeness (QED) is 0.743. The first kappa shape index (κ1) is 14.2. The van der Waals surface area contributed by atoms with E-state index in [0.29, 0.717) is 11.3 Å². The van der Waals surface area contributed by atoms with Gasteiger partial charge >= 0.3 is 0 Å². The van der Waals surface area contributed by atoms with Crippen molar-refractivity contribution in [2.75, 3.05) is 5.75 Å². The fourth-order valence-electron chi connectivity index (χ4n) is 1.87. The van der Waals surface area contributed by atoms with Gasteiger partial charge in [0.1, 0.15) is 10.2 Å². The van der Waals surface area contributed by atoms with Crippen molar-refractivity contribution in [2.24, 2.45) is 4.99 Å². The molecule has 0 unspecified atom stereocenters. The van der Waals surface area contributed by atoms with Crippen LogP contribution in [0.3, 0.4) is 0 Å². The predicted octanol–water partition coefficient (Wildman–Crippen LogP) is 3.36. The van der Waals surface area contributed by atoms with Crippen molar-refractivity contribution in [3.05, 3.63) is 35.9 Å². The number of thiocarbonyl (C=S) groups is 1. The Bertz CT molecular complexity index is 532. The zero-order chi connectivity index (χ0) is 14.0. The van der Waals surface area contributed by atoms with Gasteiger partial charge in [0.05, 0.1) is 5.75 Å². The van der Waals surface area contributed by atoms with E-state index < -0.39 is 0 Å². The lowest BCUT2D eigenvalue weighted by Gasteiger charge is -2.32. The second-order valence-electron chi connectivity index (χ2n) is 5.26. The third-order valence-electron chi connectivity index (χ3n) is 2.69. The average molecular weight is 292 g/mol. The number of rotatable bonds is 1. The van der Waals surface area contributed by atoms with Crippen LogP contribution in [-0.2, 0) is 0 Å². The zero-order valence-corrected chi connectivity index (χ0v) is 12.8. The number of hydrogen-bond acceptors (Lipinski definition) is 3. The van der Waals surface area contributed by atoms with Gasteiger partial charge in [-0.2, -0.15) is 4.99 Å². The minimum Gasteiger partial charge on any atom is -0.309 e. The van der Waals surface area contributed by atoms with E-state index in [1.807, 2.05) is 23.1 Å². The van der Waals surface area contributed by atoms with Crippen LogP contribution in [0.5, 0.6) is 0 Å². The van der Waals surface area contributed by atoms with Crippen LogP contribution < -0.4 is 0 Å². The van der Waals surface area contributed by atoms with Crippen molar-refractivity contribution < 1.29 is 4.79 Å². The number of amidine groups is 1. The highest BCUT2D eigenvalue weighted by Gasteiger charge is 2.34.